The van der Waals surface area contributed by atoms with Crippen LogP contribution in [0.4, 0.5) is 0 Å². The molecule has 14 heavy (non-hydrogen) atoms. The molecule has 0 rings (SSSR count). The van der Waals surface area contributed by atoms with E-state index in [2.05, 4.69) is 5.92 Å². The van der Waals surface area contributed by atoms with Gasteiger partial charge in [-0.3, -0.25) is 4.79 Å². The maximum absolute atomic E-state index is 11.2. The van der Waals surface area contributed by atoms with Gasteiger partial charge >= 0.3 is 5.97 Å². The molecule has 0 bridgehead atoms. The predicted octanol–water partition coefficient (Wildman–Crippen LogP) is -1.14. The number of nitrogens with one attached hydrogen (secondary N) is 1. The highest BCUT2D eigenvalue weighted by atomic mass is 32.2. The van der Waals surface area contributed by atoms with Crippen molar-refractivity contribution in [1.29, 1.82) is 0 Å². The lowest BCUT2D eigenvalue weighted by Gasteiger charge is -2.16. The van der Waals surface area contributed by atoms with Crippen LogP contribution in [0, 0.1) is 12.3 Å². The first kappa shape index (κ1) is 12.9. The fourth-order valence-electron chi connectivity index (χ4n) is 0.582. The van der Waals surface area contributed by atoms with Gasteiger partial charge in [0.05, 0.1) is 0 Å². The van der Waals surface area contributed by atoms with E-state index >= 15 is 0 Å². The van der Waals surface area contributed by atoms with Crippen molar-refractivity contribution in [2.75, 3.05) is 14.1 Å². The minimum absolute atomic E-state index is 0.192. The number of nitrogens with zero attached hydrogens (tertiary/aromatic N) is 1. The van der Waals surface area contributed by atoms with E-state index in [-0.39, 0.29) is 6.42 Å². The Kier molecular flexibility index (Phi) is 4.56. The first-order valence-corrected chi connectivity index (χ1v) is 5.11. The Balaban J connectivity index is 4.63. The lowest BCUT2D eigenvalue weighted by atomic mass is 10.2. The van der Waals surface area contributed by atoms with Crippen molar-refractivity contribution in [3.63, 3.8) is 0 Å². The van der Waals surface area contributed by atoms with Crippen molar-refractivity contribution in [2.24, 2.45) is 0 Å². The summed E-state index contributed by atoms with van der Waals surface area (Å²) in [4.78, 5) is 10.5. The van der Waals surface area contributed by atoms with Crippen LogP contribution in [0.15, 0.2) is 0 Å². The SMILES string of the molecule is C#CCC(NS(=O)(=O)N(C)C)C(=O)O. The quantitative estimate of drug-likeness (QED) is 0.573. The van der Waals surface area contributed by atoms with E-state index in [0.717, 1.165) is 4.31 Å². The second kappa shape index (κ2) is 4.95. The first-order chi connectivity index (χ1) is 6.31. The molecule has 0 saturated carbocycles. The largest absolute Gasteiger partial charge is 0.480 e. The minimum Gasteiger partial charge on any atom is -0.480 e. The van der Waals surface area contributed by atoms with Crippen LogP contribution < -0.4 is 4.72 Å². The molecule has 0 aromatic rings. The number of hydrogen-bond donors (Lipinski definition) is 2. The average Bonchev–Trinajstić information content (AvgIpc) is 2.02. The fraction of sp³-hybridized carbons (Fsp3) is 0.571. The Morgan fingerprint density at radius 3 is 2.43 bits per heavy atom. The minimum atomic E-state index is -3.76. The van der Waals surface area contributed by atoms with Crippen molar-refractivity contribution >= 4 is 16.2 Å². The average molecular weight is 220 g/mol. The van der Waals surface area contributed by atoms with Gasteiger partial charge in [0.25, 0.3) is 10.2 Å². The molecule has 0 spiro atoms. The molecule has 0 aliphatic carbocycles. The van der Waals surface area contributed by atoms with E-state index in [1.807, 2.05) is 4.72 Å². The zero-order valence-electron chi connectivity index (χ0n) is 7.89. The molecule has 0 aliphatic heterocycles. The van der Waals surface area contributed by atoms with Crippen LogP contribution in [0.1, 0.15) is 6.42 Å². The molecule has 0 aromatic heterocycles. The summed E-state index contributed by atoms with van der Waals surface area (Å²) < 4.78 is 25.2. The maximum Gasteiger partial charge on any atom is 0.322 e. The van der Waals surface area contributed by atoms with Crippen molar-refractivity contribution in [1.82, 2.24) is 9.03 Å². The van der Waals surface area contributed by atoms with E-state index in [0.29, 0.717) is 0 Å². The van der Waals surface area contributed by atoms with Crippen molar-refractivity contribution in [3.05, 3.63) is 0 Å². The molecular formula is C7H12N2O4S. The monoisotopic (exact) mass is 220 g/mol. The molecule has 80 valence electrons. The Morgan fingerprint density at radius 2 is 2.14 bits per heavy atom. The van der Waals surface area contributed by atoms with Gasteiger partial charge in [0.2, 0.25) is 0 Å². The van der Waals surface area contributed by atoms with Gasteiger partial charge in [-0.2, -0.15) is 17.4 Å². The van der Waals surface area contributed by atoms with E-state index < -0.39 is 22.2 Å². The Hall–Kier alpha value is -1.10. The molecule has 6 nitrogen and oxygen atoms in total. The highest BCUT2D eigenvalue weighted by molar-refractivity contribution is 7.87. The normalized spacial score (nSPS) is 13.6. The summed E-state index contributed by atoms with van der Waals surface area (Å²) in [5, 5.41) is 8.61. The molecule has 1 unspecified atom stereocenters. The number of carbonyl (C=O) groups is 1. The Labute approximate surface area is 83.1 Å². The molecule has 0 heterocycles. The van der Waals surface area contributed by atoms with Crippen molar-refractivity contribution in [2.45, 2.75) is 12.5 Å². The topological polar surface area (TPSA) is 86.7 Å². The fourth-order valence-corrected chi connectivity index (χ4v) is 1.34. The molecular weight excluding hydrogens is 208 g/mol. The van der Waals surface area contributed by atoms with Crippen LogP contribution in [0.3, 0.4) is 0 Å². The highest BCUT2D eigenvalue weighted by Gasteiger charge is 2.24. The van der Waals surface area contributed by atoms with Gasteiger partial charge in [-0.1, -0.05) is 0 Å². The molecule has 0 radical (unpaired) electrons. The van der Waals surface area contributed by atoms with Gasteiger partial charge in [-0.25, -0.2) is 0 Å². The smallest absolute Gasteiger partial charge is 0.322 e. The number of hydrogen-bond acceptors (Lipinski definition) is 3. The van der Waals surface area contributed by atoms with Crippen LogP contribution >= 0.6 is 0 Å². The molecule has 0 saturated heterocycles. The summed E-state index contributed by atoms with van der Waals surface area (Å²) in [5.74, 6) is 0.787. The molecule has 0 fully saturated rings. The summed E-state index contributed by atoms with van der Waals surface area (Å²) >= 11 is 0. The van der Waals surface area contributed by atoms with Gasteiger partial charge in [0.1, 0.15) is 6.04 Å². The summed E-state index contributed by atoms with van der Waals surface area (Å²) in [7, 11) is -1.18. The Bertz CT molecular complexity index is 341. The van der Waals surface area contributed by atoms with E-state index in [1.165, 1.54) is 14.1 Å². The third-order valence-corrected chi connectivity index (χ3v) is 2.94. The van der Waals surface area contributed by atoms with Gasteiger partial charge in [0, 0.05) is 20.5 Å². The molecule has 2 N–H and O–H groups in total. The van der Waals surface area contributed by atoms with Crippen LogP contribution in [0.25, 0.3) is 0 Å². The van der Waals surface area contributed by atoms with Gasteiger partial charge < -0.3 is 5.11 Å². The number of rotatable bonds is 5. The molecule has 0 amide bonds. The summed E-state index contributed by atoms with van der Waals surface area (Å²) in [6.45, 7) is 0. The molecule has 0 aliphatic rings. The van der Waals surface area contributed by atoms with Crippen molar-refractivity contribution in [3.8, 4) is 12.3 Å². The maximum atomic E-state index is 11.2. The Morgan fingerprint density at radius 1 is 1.64 bits per heavy atom. The third-order valence-electron chi connectivity index (χ3n) is 1.39. The number of terminal acetylenes is 1. The molecule has 7 heteroatoms. The van der Waals surface area contributed by atoms with Crippen LogP contribution in [-0.4, -0.2) is 43.9 Å². The number of aliphatic carboxylic acids is 1. The van der Waals surface area contributed by atoms with Crippen LogP contribution in [0.5, 0.6) is 0 Å². The molecule has 0 aromatic carbocycles. The number of carboxylic acid groups (broad SMARTS) is 1. The van der Waals surface area contributed by atoms with Gasteiger partial charge in [-0.05, 0) is 0 Å². The number of carboxylic acids is 1. The van der Waals surface area contributed by atoms with Crippen LogP contribution in [-0.2, 0) is 15.0 Å². The van der Waals surface area contributed by atoms with Gasteiger partial charge in [-0.15, -0.1) is 12.3 Å². The summed E-state index contributed by atoms with van der Waals surface area (Å²) in [6.07, 6.45) is 4.71. The van der Waals surface area contributed by atoms with Crippen molar-refractivity contribution < 1.29 is 18.3 Å². The lowest BCUT2D eigenvalue weighted by Crippen LogP contribution is -2.45. The first-order valence-electron chi connectivity index (χ1n) is 3.67. The highest BCUT2D eigenvalue weighted by Crippen LogP contribution is 1.96. The lowest BCUT2D eigenvalue weighted by molar-refractivity contribution is -0.138. The molecule has 1 atom stereocenters. The standard InChI is InChI=1S/C7H12N2O4S/c1-4-5-6(7(10)11)8-14(12,13)9(2)3/h1,6,8H,5H2,2-3H3,(H,10,11). The third kappa shape index (κ3) is 3.74. The van der Waals surface area contributed by atoms with E-state index in [9.17, 15) is 13.2 Å². The summed E-state index contributed by atoms with van der Waals surface area (Å²) in [5.41, 5.74) is 0. The van der Waals surface area contributed by atoms with E-state index in [1.54, 1.807) is 0 Å². The second-order valence-electron chi connectivity index (χ2n) is 2.70. The van der Waals surface area contributed by atoms with Crippen LogP contribution in [0.2, 0.25) is 0 Å². The van der Waals surface area contributed by atoms with Gasteiger partial charge in [0.15, 0.2) is 0 Å². The zero-order chi connectivity index (χ0) is 11.4. The second-order valence-corrected chi connectivity index (χ2v) is 4.62. The van der Waals surface area contributed by atoms with E-state index in [4.69, 9.17) is 11.5 Å². The summed E-state index contributed by atoms with van der Waals surface area (Å²) in [6, 6.07) is -1.28. The predicted molar refractivity (Wildman–Crippen MR) is 50.6 cm³/mol. The zero-order valence-corrected chi connectivity index (χ0v) is 8.71.